The van der Waals surface area contributed by atoms with Gasteiger partial charge in [0.15, 0.2) is 5.78 Å². The maximum Gasteiger partial charge on any atom is 0.323 e. The van der Waals surface area contributed by atoms with Gasteiger partial charge >= 0.3 is 5.97 Å². The highest BCUT2D eigenvalue weighted by atomic mass is 16.5. The standard InChI is InChI=1S/C32H39N3O5/c1-21(2)20-28(32(38)40-26-6-4-5-7-26)34-19-18-22-8-12-24(13-9-22)35-29(36)17-16-27(31(35)33)30(37)23-10-14-25(39-3)15-11-23/h8-17,21,26,28,34H,4-7,18-20,33H2,1-3H3/t28-/m1/s1. The number of benzene rings is 2. The van der Waals surface area contributed by atoms with Crippen molar-refractivity contribution < 1.29 is 19.1 Å². The van der Waals surface area contributed by atoms with E-state index >= 15 is 0 Å². The van der Waals surface area contributed by atoms with Crippen LogP contribution in [0.2, 0.25) is 0 Å². The van der Waals surface area contributed by atoms with Crippen LogP contribution < -0.4 is 21.3 Å². The van der Waals surface area contributed by atoms with Crippen molar-refractivity contribution in [3.63, 3.8) is 0 Å². The van der Waals surface area contributed by atoms with Gasteiger partial charge in [-0.3, -0.25) is 19.0 Å². The molecule has 0 saturated heterocycles. The molecule has 0 spiro atoms. The second-order valence-electron chi connectivity index (χ2n) is 10.8. The highest BCUT2D eigenvalue weighted by molar-refractivity contribution is 6.11. The summed E-state index contributed by atoms with van der Waals surface area (Å²) in [6.45, 7) is 4.82. The molecule has 0 aliphatic heterocycles. The number of aromatic nitrogens is 1. The summed E-state index contributed by atoms with van der Waals surface area (Å²) in [6, 6.07) is 16.7. The van der Waals surface area contributed by atoms with Gasteiger partial charge in [-0.2, -0.15) is 0 Å². The van der Waals surface area contributed by atoms with E-state index in [1.54, 1.807) is 31.4 Å². The summed E-state index contributed by atoms with van der Waals surface area (Å²) in [5, 5.41) is 3.39. The molecule has 4 rings (SSSR count). The van der Waals surface area contributed by atoms with Crippen molar-refractivity contribution >= 4 is 17.6 Å². The number of ketones is 1. The van der Waals surface area contributed by atoms with Crippen LogP contribution in [-0.2, 0) is 16.0 Å². The first-order valence-corrected chi connectivity index (χ1v) is 14.0. The minimum absolute atomic E-state index is 0.0531. The van der Waals surface area contributed by atoms with Crippen LogP contribution in [0.25, 0.3) is 5.69 Å². The highest BCUT2D eigenvalue weighted by Crippen LogP contribution is 2.23. The van der Waals surface area contributed by atoms with Gasteiger partial charge in [-0.25, -0.2) is 0 Å². The zero-order chi connectivity index (χ0) is 28.6. The number of hydrogen-bond donors (Lipinski definition) is 2. The summed E-state index contributed by atoms with van der Waals surface area (Å²) in [7, 11) is 1.56. The number of anilines is 1. The number of carbonyl (C=O) groups excluding carboxylic acids is 2. The summed E-state index contributed by atoms with van der Waals surface area (Å²) in [4.78, 5) is 38.6. The molecule has 0 radical (unpaired) electrons. The Morgan fingerprint density at radius 1 is 1.00 bits per heavy atom. The van der Waals surface area contributed by atoms with Crippen LogP contribution in [0.1, 0.15) is 67.4 Å². The molecule has 1 atom stereocenters. The fraction of sp³-hybridized carbons (Fsp3) is 0.406. The molecule has 0 unspecified atom stereocenters. The molecule has 2 aromatic carbocycles. The lowest BCUT2D eigenvalue weighted by atomic mass is 10.0. The maximum absolute atomic E-state index is 13.1. The van der Waals surface area contributed by atoms with Gasteiger partial charge in [0.2, 0.25) is 0 Å². The second-order valence-corrected chi connectivity index (χ2v) is 10.8. The summed E-state index contributed by atoms with van der Waals surface area (Å²) >= 11 is 0. The molecular weight excluding hydrogens is 506 g/mol. The lowest BCUT2D eigenvalue weighted by molar-refractivity contribution is -0.151. The van der Waals surface area contributed by atoms with Gasteiger partial charge in [-0.15, -0.1) is 0 Å². The van der Waals surface area contributed by atoms with Gasteiger partial charge in [0, 0.05) is 11.6 Å². The molecule has 3 aromatic rings. The molecule has 1 heterocycles. The summed E-state index contributed by atoms with van der Waals surface area (Å²) in [5.41, 5.74) is 8.34. The smallest absolute Gasteiger partial charge is 0.323 e. The fourth-order valence-electron chi connectivity index (χ4n) is 5.10. The Morgan fingerprint density at radius 2 is 1.68 bits per heavy atom. The maximum atomic E-state index is 13.1. The van der Waals surface area contributed by atoms with E-state index in [4.69, 9.17) is 15.2 Å². The number of ether oxygens (including phenoxy) is 2. The number of nitrogens with zero attached hydrogens (tertiary/aromatic N) is 1. The van der Waals surface area contributed by atoms with E-state index in [0.717, 1.165) is 37.7 Å². The highest BCUT2D eigenvalue weighted by Gasteiger charge is 2.26. The van der Waals surface area contributed by atoms with Crippen LogP contribution in [0.4, 0.5) is 5.82 Å². The van der Waals surface area contributed by atoms with Crippen LogP contribution in [0, 0.1) is 5.92 Å². The molecule has 3 N–H and O–H groups in total. The van der Waals surface area contributed by atoms with E-state index in [9.17, 15) is 14.4 Å². The molecule has 1 fully saturated rings. The number of hydrogen-bond acceptors (Lipinski definition) is 7. The molecule has 1 aliphatic rings. The number of nitrogens with two attached hydrogens (primary N) is 1. The van der Waals surface area contributed by atoms with Gasteiger partial charge in [0.1, 0.15) is 23.7 Å². The average molecular weight is 546 g/mol. The number of methoxy groups -OCH3 is 1. The zero-order valence-corrected chi connectivity index (χ0v) is 23.5. The van der Waals surface area contributed by atoms with Crippen molar-refractivity contribution in [2.24, 2.45) is 5.92 Å². The Labute approximate surface area is 235 Å². The molecule has 212 valence electrons. The van der Waals surface area contributed by atoms with E-state index in [1.807, 2.05) is 24.3 Å². The Morgan fingerprint density at radius 3 is 2.30 bits per heavy atom. The average Bonchev–Trinajstić information content (AvgIpc) is 3.46. The van der Waals surface area contributed by atoms with E-state index in [1.165, 1.54) is 16.7 Å². The Kier molecular flexibility index (Phi) is 9.77. The number of esters is 1. The van der Waals surface area contributed by atoms with Gasteiger partial charge < -0.3 is 20.5 Å². The third-order valence-corrected chi connectivity index (χ3v) is 7.30. The minimum atomic E-state index is -0.329. The molecule has 8 nitrogen and oxygen atoms in total. The molecule has 1 aliphatic carbocycles. The number of nitrogen functional groups attached to an aromatic ring is 1. The number of pyridine rings is 1. The fourth-order valence-corrected chi connectivity index (χ4v) is 5.10. The van der Waals surface area contributed by atoms with Gasteiger partial charge in [-0.05, 0) is 99.0 Å². The van der Waals surface area contributed by atoms with E-state index < -0.39 is 0 Å². The SMILES string of the molecule is COc1ccc(C(=O)c2ccc(=O)n(-c3ccc(CCN[C@H](CC(C)C)C(=O)OC4CCCC4)cc3)c2N)cc1. The number of nitrogens with one attached hydrogen (secondary N) is 1. The van der Waals surface area contributed by atoms with Gasteiger partial charge in [0.25, 0.3) is 5.56 Å². The summed E-state index contributed by atoms with van der Waals surface area (Å²) in [6.07, 6.45) is 5.63. The second kappa shape index (κ2) is 13.4. The van der Waals surface area contributed by atoms with Crippen LogP contribution in [-0.4, -0.2) is 42.1 Å². The van der Waals surface area contributed by atoms with Crippen molar-refractivity contribution in [3.8, 4) is 11.4 Å². The Hall–Kier alpha value is -3.91. The molecule has 1 saturated carbocycles. The normalized spacial score (nSPS) is 14.3. The third kappa shape index (κ3) is 7.18. The van der Waals surface area contributed by atoms with Crippen LogP contribution in [0.3, 0.4) is 0 Å². The quantitative estimate of drug-likeness (QED) is 0.251. The molecule has 0 bridgehead atoms. The number of carbonyl (C=O) groups is 2. The van der Waals surface area contributed by atoms with E-state index in [2.05, 4.69) is 19.2 Å². The lowest BCUT2D eigenvalue weighted by Gasteiger charge is -2.22. The lowest BCUT2D eigenvalue weighted by Crippen LogP contribution is -2.41. The summed E-state index contributed by atoms with van der Waals surface area (Å²) in [5.74, 6) is 0.655. The van der Waals surface area contributed by atoms with Crippen molar-refractivity contribution in [1.82, 2.24) is 9.88 Å². The van der Waals surface area contributed by atoms with Crippen LogP contribution in [0.5, 0.6) is 5.75 Å². The zero-order valence-electron chi connectivity index (χ0n) is 23.5. The van der Waals surface area contributed by atoms with Gasteiger partial charge in [0.05, 0.1) is 18.4 Å². The van der Waals surface area contributed by atoms with Crippen molar-refractivity contribution in [3.05, 3.63) is 87.7 Å². The largest absolute Gasteiger partial charge is 0.497 e. The van der Waals surface area contributed by atoms with Crippen LogP contribution in [0.15, 0.2) is 65.5 Å². The van der Waals surface area contributed by atoms with E-state index in [-0.39, 0.29) is 40.8 Å². The van der Waals surface area contributed by atoms with Gasteiger partial charge in [-0.1, -0.05) is 26.0 Å². The third-order valence-electron chi connectivity index (χ3n) is 7.30. The summed E-state index contributed by atoms with van der Waals surface area (Å²) < 4.78 is 12.3. The predicted octanol–water partition coefficient (Wildman–Crippen LogP) is 4.69. The first-order valence-electron chi connectivity index (χ1n) is 14.0. The molecular formula is C32H39N3O5. The Bertz CT molecular complexity index is 1360. The predicted molar refractivity (Wildman–Crippen MR) is 156 cm³/mol. The van der Waals surface area contributed by atoms with Crippen LogP contribution >= 0.6 is 0 Å². The first kappa shape index (κ1) is 29.1. The van der Waals surface area contributed by atoms with Crippen molar-refractivity contribution in [2.75, 3.05) is 19.4 Å². The van der Waals surface area contributed by atoms with Crippen molar-refractivity contribution in [1.29, 1.82) is 0 Å². The molecule has 40 heavy (non-hydrogen) atoms. The monoisotopic (exact) mass is 545 g/mol. The first-order chi connectivity index (χ1) is 19.3. The van der Waals surface area contributed by atoms with Crippen molar-refractivity contribution in [2.45, 2.75) is 64.5 Å². The Balaban J connectivity index is 1.42. The number of rotatable bonds is 12. The molecule has 8 heteroatoms. The minimum Gasteiger partial charge on any atom is -0.497 e. The topological polar surface area (TPSA) is 113 Å². The van der Waals surface area contributed by atoms with E-state index in [0.29, 0.717) is 35.9 Å². The molecule has 1 aromatic heterocycles. The molecule has 0 amide bonds.